The number of fused-ring (bicyclic) bond motifs is 1. The number of aliphatic hydroxyl groups excluding tert-OH is 1. The zero-order chi connectivity index (χ0) is 17.8. The van der Waals surface area contributed by atoms with Crippen molar-refractivity contribution in [2.45, 2.75) is 0 Å². The number of hydrogen-bond donors (Lipinski definition) is 2. The molecule has 2 aromatic carbocycles. The molecule has 0 amide bonds. The van der Waals surface area contributed by atoms with Crippen LogP contribution in [0.2, 0.25) is 5.02 Å². The molecule has 25 heavy (non-hydrogen) atoms. The Morgan fingerprint density at radius 2 is 2.00 bits per heavy atom. The average molecular weight is 363 g/mol. The highest BCUT2D eigenvalue weighted by atomic mass is 35.5. The van der Waals surface area contributed by atoms with E-state index in [1.165, 1.54) is 13.2 Å². The molecular formula is C18H16ClFN2O3. The number of pyridine rings is 1. The van der Waals surface area contributed by atoms with Gasteiger partial charge in [-0.05, 0) is 30.3 Å². The molecule has 0 saturated carbocycles. The zero-order valence-corrected chi connectivity index (χ0v) is 14.2. The van der Waals surface area contributed by atoms with Gasteiger partial charge < -0.3 is 19.9 Å². The quantitative estimate of drug-likeness (QED) is 0.689. The molecule has 3 rings (SSSR count). The molecule has 1 aromatic heterocycles. The van der Waals surface area contributed by atoms with E-state index in [4.69, 9.17) is 26.2 Å². The highest BCUT2D eigenvalue weighted by Crippen LogP contribution is 2.36. The topological polar surface area (TPSA) is 63.6 Å². The van der Waals surface area contributed by atoms with E-state index in [0.717, 1.165) is 5.39 Å². The van der Waals surface area contributed by atoms with Crippen LogP contribution in [0.1, 0.15) is 0 Å². The molecule has 0 spiro atoms. The number of nitrogens with zero attached hydrogens (tertiary/aromatic N) is 1. The number of methoxy groups -OCH3 is 1. The maximum atomic E-state index is 14.1. The van der Waals surface area contributed by atoms with Crippen LogP contribution in [0.3, 0.4) is 0 Å². The monoisotopic (exact) mass is 362 g/mol. The molecule has 0 saturated heterocycles. The summed E-state index contributed by atoms with van der Waals surface area (Å²) in [5.74, 6) is 0.521. The van der Waals surface area contributed by atoms with Crippen molar-refractivity contribution in [1.82, 2.24) is 4.98 Å². The van der Waals surface area contributed by atoms with Crippen LogP contribution in [0.5, 0.6) is 11.5 Å². The molecular weight excluding hydrogens is 347 g/mol. The first-order valence-corrected chi connectivity index (χ1v) is 7.92. The number of nitrogens with one attached hydrogen (secondary N) is 1. The van der Waals surface area contributed by atoms with Gasteiger partial charge in [-0.15, -0.1) is 0 Å². The SMILES string of the molecule is COc1cc2c(Nc3ccc(Cl)cc3F)ccnc2cc1OCCO. The maximum Gasteiger partial charge on any atom is 0.163 e. The minimum atomic E-state index is -0.452. The summed E-state index contributed by atoms with van der Waals surface area (Å²) in [6.45, 7) is 0.0435. The molecule has 0 aliphatic carbocycles. The van der Waals surface area contributed by atoms with E-state index in [1.54, 1.807) is 36.5 Å². The predicted octanol–water partition coefficient (Wildman–Crippen LogP) is 4.15. The first-order valence-electron chi connectivity index (χ1n) is 7.55. The van der Waals surface area contributed by atoms with Crippen molar-refractivity contribution >= 4 is 33.9 Å². The molecule has 0 aliphatic heterocycles. The van der Waals surface area contributed by atoms with Crippen molar-refractivity contribution in [3.8, 4) is 11.5 Å². The van der Waals surface area contributed by atoms with E-state index in [0.29, 0.717) is 33.4 Å². The van der Waals surface area contributed by atoms with Gasteiger partial charge >= 0.3 is 0 Å². The molecule has 0 unspecified atom stereocenters. The molecule has 130 valence electrons. The third-order valence-electron chi connectivity index (χ3n) is 3.58. The number of anilines is 2. The van der Waals surface area contributed by atoms with Crippen LogP contribution < -0.4 is 14.8 Å². The highest BCUT2D eigenvalue weighted by Gasteiger charge is 2.12. The lowest BCUT2D eigenvalue weighted by atomic mass is 10.1. The van der Waals surface area contributed by atoms with E-state index in [-0.39, 0.29) is 13.2 Å². The Kier molecular flexibility index (Phi) is 5.21. The molecule has 5 nitrogen and oxygen atoms in total. The van der Waals surface area contributed by atoms with Gasteiger partial charge in [0.2, 0.25) is 0 Å². The molecule has 1 heterocycles. The van der Waals surface area contributed by atoms with Gasteiger partial charge in [0.05, 0.1) is 24.9 Å². The summed E-state index contributed by atoms with van der Waals surface area (Å²) in [7, 11) is 1.52. The Labute approximate surface area is 149 Å². The van der Waals surface area contributed by atoms with Gasteiger partial charge in [-0.2, -0.15) is 0 Å². The summed E-state index contributed by atoms with van der Waals surface area (Å²) in [5.41, 5.74) is 1.61. The van der Waals surface area contributed by atoms with E-state index in [1.807, 2.05) is 0 Å². The highest BCUT2D eigenvalue weighted by molar-refractivity contribution is 6.30. The summed E-state index contributed by atoms with van der Waals surface area (Å²) >= 11 is 5.79. The Hall–Kier alpha value is -2.57. The number of aliphatic hydroxyl groups is 1. The normalized spacial score (nSPS) is 10.7. The van der Waals surface area contributed by atoms with Crippen LogP contribution in [0.4, 0.5) is 15.8 Å². The third kappa shape index (κ3) is 3.75. The van der Waals surface area contributed by atoms with Crippen molar-refractivity contribution < 1.29 is 19.0 Å². The summed E-state index contributed by atoms with van der Waals surface area (Å²) in [6, 6.07) is 9.63. The standard InChI is InChI=1S/C18H16ClFN2O3/c1-24-17-9-12-14(22-15-3-2-11(19)8-13(15)20)4-5-21-16(12)10-18(17)25-7-6-23/h2-5,8-10,23H,6-7H2,1H3,(H,21,22). The number of rotatable bonds is 6. The first-order chi connectivity index (χ1) is 12.1. The van der Waals surface area contributed by atoms with Crippen LogP contribution in [0, 0.1) is 5.82 Å². The van der Waals surface area contributed by atoms with E-state index >= 15 is 0 Å². The van der Waals surface area contributed by atoms with Crippen molar-refractivity contribution in [3.63, 3.8) is 0 Å². The van der Waals surface area contributed by atoms with Crippen molar-refractivity contribution in [1.29, 1.82) is 0 Å². The summed E-state index contributed by atoms with van der Waals surface area (Å²) in [6.07, 6.45) is 1.61. The minimum Gasteiger partial charge on any atom is -0.493 e. The number of ether oxygens (including phenoxy) is 2. The lowest BCUT2D eigenvalue weighted by molar-refractivity contribution is 0.196. The van der Waals surface area contributed by atoms with E-state index in [9.17, 15) is 4.39 Å². The maximum absolute atomic E-state index is 14.1. The smallest absolute Gasteiger partial charge is 0.163 e. The van der Waals surface area contributed by atoms with Crippen LogP contribution in [-0.2, 0) is 0 Å². The molecule has 0 radical (unpaired) electrons. The molecule has 7 heteroatoms. The Balaban J connectivity index is 2.03. The Morgan fingerprint density at radius 3 is 2.72 bits per heavy atom. The third-order valence-corrected chi connectivity index (χ3v) is 3.81. The predicted molar refractivity (Wildman–Crippen MR) is 95.6 cm³/mol. The summed E-state index contributed by atoms with van der Waals surface area (Å²) in [5, 5.41) is 13.0. The lowest BCUT2D eigenvalue weighted by Gasteiger charge is -2.14. The molecule has 3 aromatic rings. The van der Waals surface area contributed by atoms with E-state index in [2.05, 4.69) is 10.3 Å². The number of hydrogen-bond acceptors (Lipinski definition) is 5. The Bertz CT molecular complexity index is 905. The van der Waals surface area contributed by atoms with Crippen LogP contribution in [0.25, 0.3) is 10.9 Å². The average Bonchev–Trinajstić information content (AvgIpc) is 2.61. The summed E-state index contributed by atoms with van der Waals surface area (Å²) < 4.78 is 24.9. The second-order valence-electron chi connectivity index (χ2n) is 5.20. The van der Waals surface area contributed by atoms with Gasteiger partial charge in [-0.1, -0.05) is 11.6 Å². The fourth-order valence-electron chi connectivity index (χ4n) is 2.43. The summed E-state index contributed by atoms with van der Waals surface area (Å²) in [4.78, 5) is 4.31. The van der Waals surface area contributed by atoms with Gasteiger partial charge in [0.1, 0.15) is 12.4 Å². The lowest BCUT2D eigenvalue weighted by Crippen LogP contribution is -2.03. The van der Waals surface area contributed by atoms with Gasteiger partial charge in [-0.25, -0.2) is 4.39 Å². The Morgan fingerprint density at radius 1 is 1.16 bits per heavy atom. The van der Waals surface area contributed by atoms with Crippen LogP contribution >= 0.6 is 11.6 Å². The van der Waals surface area contributed by atoms with E-state index < -0.39 is 5.82 Å². The first kappa shape index (κ1) is 17.3. The molecule has 2 N–H and O–H groups in total. The minimum absolute atomic E-state index is 0.105. The molecule has 0 bridgehead atoms. The largest absolute Gasteiger partial charge is 0.493 e. The number of halogens is 2. The molecule has 0 fully saturated rings. The molecule has 0 aliphatic rings. The van der Waals surface area contributed by atoms with Crippen molar-refractivity contribution in [2.24, 2.45) is 0 Å². The number of benzene rings is 2. The van der Waals surface area contributed by atoms with Gasteiger partial charge in [0, 0.05) is 28.4 Å². The van der Waals surface area contributed by atoms with Crippen LogP contribution in [-0.4, -0.2) is 30.4 Å². The fraction of sp³-hybridized carbons (Fsp3) is 0.167. The van der Waals surface area contributed by atoms with Crippen molar-refractivity contribution in [2.75, 3.05) is 25.6 Å². The number of aromatic nitrogens is 1. The second-order valence-corrected chi connectivity index (χ2v) is 5.64. The zero-order valence-electron chi connectivity index (χ0n) is 13.4. The van der Waals surface area contributed by atoms with Gasteiger partial charge in [-0.3, -0.25) is 4.98 Å². The van der Waals surface area contributed by atoms with Gasteiger partial charge in [0.15, 0.2) is 11.5 Å². The van der Waals surface area contributed by atoms with Gasteiger partial charge in [0.25, 0.3) is 0 Å². The molecule has 0 atom stereocenters. The van der Waals surface area contributed by atoms with Crippen LogP contribution in [0.15, 0.2) is 42.6 Å². The fourth-order valence-corrected chi connectivity index (χ4v) is 2.59. The van der Waals surface area contributed by atoms with Crippen molar-refractivity contribution in [3.05, 3.63) is 53.4 Å². The second kappa shape index (κ2) is 7.55.